The van der Waals surface area contributed by atoms with Crippen LogP contribution in [0.5, 0.6) is 0 Å². The van der Waals surface area contributed by atoms with Gasteiger partial charge in [0.2, 0.25) is 0 Å². The molecule has 1 aromatic carbocycles. The van der Waals surface area contributed by atoms with E-state index in [1.165, 1.54) is 20.9 Å². The van der Waals surface area contributed by atoms with E-state index < -0.39 is 0 Å². The molecule has 1 atom stereocenters. The maximum absolute atomic E-state index is 6.44. The number of benzene rings is 1. The van der Waals surface area contributed by atoms with Gasteiger partial charge in [0.15, 0.2) is 0 Å². The van der Waals surface area contributed by atoms with Gasteiger partial charge in [-0.15, -0.1) is 22.9 Å². The minimum Gasteiger partial charge on any atom is -0.144 e. The zero-order valence-electron chi connectivity index (χ0n) is 9.53. The number of hydrogen-bond donors (Lipinski definition) is 0. The number of hydrogen-bond acceptors (Lipinski definition) is 1. The van der Waals surface area contributed by atoms with Gasteiger partial charge >= 0.3 is 0 Å². The van der Waals surface area contributed by atoms with Crippen LogP contribution in [0.3, 0.4) is 0 Å². The molecule has 0 radical (unpaired) electrons. The predicted octanol–water partition coefficient (Wildman–Crippen LogP) is 4.89. The van der Waals surface area contributed by atoms with Crippen LogP contribution in [0.25, 0.3) is 0 Å². The van der Waals surface area contributed by atoms with Crippen LogP contribution < -0.4 is 0 Å². The SMILES string of the molecule is Cc1ccc(C(Cl)Cc2ccccc2C)s1. The second-order valence-corrected chi connectivity index (χ2v) is 5.89. The molecule has 0 aliphatic carbocycles. The van der Waals surface area contributed by atoms with Gasteiger partial charge in [-0.3, -0.25) is 0 Å². The summed E-state index contributed by atoms with van der Waals surface area (Å²) in [4.78, 5) is 2.59. The van der Waals surface area contributed by atoms with E-state index >= 15 is 0 Å². The molecule has 0 spiro atoms. The van der Waals surface area contributed by atoms with Crippen molar-refractivity contribution in [3.05, 3.63) is 57.3 Å². The number of alkyl halides is 1. The molecule has 2 rings (SSSR count). The first-order valence-corrected chi connectivity index (χ1v) is 6.67. The van der Waals surface area contributed by atoms with E-state index in [0.29, 0.717) is 0 Å². The van der Waals surface area contributed by atoms with E-state index in [1.807, 2.05) is 0 Å². The molecule has 0 saturated heterocycles. The van der Waals surface area contributed by atoms with E-state index in [4.69, 9.17) is 11.6 Å². The van der Waals surface area contributed by atoms with Crippen LogP contribution in [-0.2, 0) is 6.42 Å². The lowest BCUT2D eigenvalue weighted by Crippen LogP contribution is -1.95. The van der Waals surface area contributed by atoms with Crippen molar-refractivity contribution >= 4 is 22.9 Å². The lowest BCUT2D eigenvalue weighted by molar-refractivity contribution is 0.930. The molecule has 0 fully saturated rings. The quantitative estimate of drug-likeness (QED) is 0.681. The lowest BCUT2D eigenvalue weighted by atomic mass is 10.0. The number of halogens is 1. The van der Waals surface area contributed by atoms with E-state index in [2.05, 4.69) is 50.2 Å². The molecule has 0 aliphatic heterocycles. The Balaban J connectivity index is 2.13. The Morgan fingerprint density at radius 3 is 2.50 bits per heavy atom. The fourth-order valence-corrected chi connectivity index (χ4v) is 2.98. The summed E-state index contributed by atoms with van der Waals surface area (Å²) >= 11 is 8.23. The van der Waals surface area contributed by atoms with Gasteiger partial charge in [0.05, 0.1) is 5.38 Å². The van der Waals surface area contributed by atoms with Crippen LogP contribution in [0.2, 0.25) is 0 Å². The zero-order valence-corrected chi connectivity index (χ0v) is 11.1. The highest BCUT2D eigenvalue weighted by molar-refractivity contribution is 7.12. The Morgan fingerprint density at radius 2 is 1.88 bits per heavy atom. The molecule has 0 bridgehead atoms. The number of thiophene rings is 1. The van der Waals surface area contributed by atoms with Gasteiger partial charge in [-0.25, -0.2) is 0 Å². The van der Waals surface area contributed by atoms with Gasteiger partial charge in [-0.2, -0.15) is 0 Å². The van der Waals surface area contributed by atoms with Crippen molar-refractivity contribution in [1.82, 2.24) is 0 Å². The first kappa shape index (κ1) is 11.7. The molecule has 0 N–H and O–H groups in total. The Kier molecular flexibility index (Phi) is 3.67. The molecular formula is C14H15ClS. The van der Waals surface area contributed by atoms with Gasteiger partial charge in [0.25, 0.3) is 0 Å². The van der Waals surface area contributed by atoms with Crippen molar-refractivity contribution in [3.8, 4) is 0 Å². The monoisotopic (exact) mass is 250 g/mol. The van der Waals surface area contributed by atoms with Crippen LogP contribution in [0.1, 0.15) is 26.3 Å². The average Bonchev–Trinajstić information content (AvgIpc) is 2.68. The highest BCUT2D eigenvalue weighted by Gasteiger charge is 2.11. The largest absolute Gasteiger partial charge is 0.144 e. The second kappa shape index (κ2) is 5.03. The third kappa shape index (κ3) is 2.66. The van der Waals surface area contributed by atoms with Crippen LogP contribution in [0, 0.1) is 13.8 Å². The van der Waals surface area contributed by atoms with E-state index in [9.17, 15) is 0 Å². The maximum Gasteiger partial charge on any atom is 0.0719 e. The minimum atomic E-state index is 0.0970. The van der Waals surface area contributed by atoms with E-state index in [1.54, 1.807) is 11.3 Å². The topological polar surface area (TPSA) is 0 Å². The van der Waals surface area contributed by atoms with Crippen molar-refractivity contribution in [1.29, 1.82) is 0 Å². The Labute approximate surface area is 106 Å². The molecule has 1 heterocycles. The van der Waals surface area contributed by atoms with Crippen LogP contribution >= 0.6 is 22.9 Å². The molecular weight excluding hydrogens is 236 g/mol. The van der Waals surface area contributed by atoms with E-state index in [0.717, 1.165) is 6.42 Å². The average molecular weight is 251 g/mol. The fourth-order valence-electron chi connectivity index (χ4n) is 1.75. The molecule has 0 amide bonds. The summed E-state index contributed by atoms with van der Waals surface area (Å²) in [6.07, 6.45) is 0.911. The molecule has 84 valence electrons. The number of aryl methyl sites for hydroxylation is 2. The van der Waals surface area contributed by atoms with Gasteiger partial charge < -0.3 is 0 Å². The summed E-state index contributed by atoms with van der Waals surface area (Å²) in [5.41, 5.74) is 2.66. The van der Waals surface area contributed by atoms with Crippen molar-refractivity contribution in [3.63, 3.8) is 0 Å². The molecule has 0 saturated carbocycles. The van der Waals surface area contributed by atoms with Gasteiger partial charge in [-0.05, 0) is 43.5 Å². The number of rotatable bonds is 3. The standard InChI is InChI=1S/C14H15ClS/c1-10-5-3-4-6-12(10)9-13(15)14-8-7-11(2)16-14/h3-8,13H,9H2,1-2H3. The molecule has 1 aromatic heterocycles. The smallest absolute Gasteiger partial charge is 0.0719 e. The third-order valence-corrected chi connectivity index (χ3v) is 4.36. The molecule has 0 nitrogen and oxygen atoms in total. The summed E-state index contributed by atoms with van der Waals surface area (Å²) in [5.74, 6) is 0. The predicted molar refractivity (Wildman–Crippen MR) is 72.5 cm³/mol. The van der Waals surface area contributed by atoms with Crippen molar-refractivity contribution < 1.29 is 0 Å². The first-order chi connectivity index (χ1) is 7.66. The Morgan fingerprint density at radius 1 is 1.12 bits per heavy atom. The summed E-state index contributed by atoms with van der Waals surface area (Å²) in [6.45, 7) is 4.25. The molecule has 16 heavy (non-hydrogen) atoms. The zero-order chi connectivity index (χ0) is 11.5. The van der Waals surface area contributed by atoms with Crippen molar-refractivity contribution in [2.75, 3.05) is 0 Å². The maximum atomic E-state index is 6.44. The normalized spacial score (nSPS) is 12.7. The molecule has 0 aliphatic rings. The van der Waals surface area contributed by atoms with Crippen LogP contribution in [0.15, 0.2) is 36.4 Å². The molecule has 2 heteroatoms. The summed E-state index contributed by atoms with van der Waals surface area (Å²) in [7, 11) is 0. The van der Waals surface area contributed by atoms with E-state index in [-0.39, 0.29) is 5.38 Å². The minimum absolute atomic E-state index is 0.0970. The lowest BCUT2D eigenvalue weighted by Gasteiger charge is -2.09. The fraction of sp³-hybridized carbons (Fsp3) is 0.286. The van der Waals surface area contributed by atoms with Crippen LogP contribution in [0.4, 0.5) is 0 Å². The Bertz CT molecular complexity index is 473. The van der Waals surface area contributed by atoms with Gasteiger partial charge in [-0.1, -0.05) is 24.3 Å². The van der Waals surface area contributed by atoms with Crippen LogP contribution in [-0.4, -0.2) is 0 Å². The van der Waals surface area contributed by atoms with Gasteiger partial charge in [0, 0.05) is 9.75 Å². The third-order valence-electron chi connectivity index (χ3n) is 2.73. The Hall–Kier alpha value is -0.790. The first-order valence-electron chi connectivity index (χ1n) is 5.41. The highest BCUT2D eigenvalue weighted by atomic mass is 35.5. The summed E-state index contributed by atoms with van der Waals surface area (Å²) < 4.78 is 0. The molecule has 2 aromatic rings. The molecule has 1 unspecified atom stereocenters. The summed E-state index contributed by atoms with van der Waals surface area (Å²) in [5, 5.41) is 0.0970. The second-order valence-electron chi connectivity index (χ2n) is 4.05. The van der Waals surface area contributed by atoms with Crippen molar-refractivity contribution in [2.24, 2.45) is 0 Å². The highest BCUT2D eigenvalue weighted by Crippen LogP contribution is 2.31. The van der Waals surface area contributed by atoms with Crippen molar-refractivity contribution in [2.45, 2.75) is 25.6 Å². The summed E-state index contributed by atoms with van der Waals surface area (Å²) in [6, 6.07) is 12.7. The van der Waals surface area contributed by atoms with Gasteiger partial charge in [0.1, 0.15) is 0 Å².